The molecule has 1 N–H and O–H groups in total. The summed E-state index contributed by atoms with van der Waals surface area (Å²) in [5.41, 5.74) is 2.37. The molecule has 0 bridgehead atoms. The summed E-state index contributed by atoms with van der Waals surface area (Å²) in [5, 5.41) is 4.03. The van der Waals surface area contributed by atoms with Crippen LogP contribution in [0.5, 0.6) is 0 Å². The van der Waals surface area contributed by atoms with E-state index in [1.165, 1.54) is 17.0 Å². The van der Waals surface area contributed by atoms with E-state index < -0.39 is 9.84 Å². The fourth-order valence-electron chi connectivity index (χ4n) is 3.02. The molecule has 1 fully saturated rings. The lowest BCUT2D eigenvalue weighted by Crippen LogP contribution is -2.14. The van der Waals surface area contributed by atoms with E-state index >= 15 is 0 Å². The predicted molar refractivity (Wildman–Crippen MR) is 88.6 cm³/mol. The molecule has 0 unspecified atom stereocenters. The number of fused-ring (bicyclic) bond motifs is 1. The van der Waals surface area contributed by atoms with Gasteiger partial charge in [-0.15, -0.1) is 0 Å². The molecule has 1 saturated carbocycles. The van der Waals surface area contributed by atoms with Crippen LogP contribution in [-0.4, -0.2) is 14.3 Å². The highest BCUT2D eigenvalue weighted by atomic mass is 32.2. The molecule has 0 aromatic heterocycles. The van der Waals surface area contributed by atoms with E-state index in [1.807, 2.05) is 30.3 Å². The summed E-state index contributed by atoms with van der Waals surface area (Å²) in [6.07, 6.45) is 2.41. The molecule has 2 aromatic rings. The van der Waals surface area contributed by atoms with E-state index in [4.69, 9.17) is 0 Å². The Hall–Kier alpha value is -2.40. The van der Waals surface area contributed by atoms with Crippen molar-refractivity contribution in [1.29, 1.82) is 0 Å². The first-order valence-electron chi connectivity index (χ1n) is 7.48. The van der Waals surface area contributed by atoms with Crippen LogP contribution in [0.1, 0.15) is 23.5 Å². The molecule has 2 aliphatic rings. The van der Waals surface area contributed by atoms with Gasteiger partial charge in [-0.25, -0.2) is 8.42 Å². The molecule has 0 radical (unpaired) electrons. The molecule has 5 heteroatoms. The standard InChI is InChI=1S/C18H15NO3S/c20-18(16-11-15(16)12-4-2-1-3-5-12)19-14-7-6-13-8-9-23(21,22)17(13)10-14/h1-10,15-16H,11H2,(H,19,20)/t15-,16+/m0/s1. The molecule has 1 amide bonds. The number of sulfone groups is 1. The Labute approximate surface area is 134 Å². The summed E-state index contributed by atoms with van der Waals surface area (Å²) in [4.78, 5) is 12.6. The SMILES string of the molecule is O=C(Nc1ccc2c(c1)S(=O)(=O)C=C2)[C@@H]1C[C@H]1c1ccccc1. The third-order valence-corrected chi connectivity index (χ3v) is 5.83. The highest BCUT2D eigenvalue weighted by molar-refractivity contribution is 7.94. The summed E-state index contributed by atoms with van der Waals surface area (Å²) in [5.74, 6) is 0.165. The smallest absolute Gasteiger partial charge is 0.228 e. The molecule has 2 aromatic carbocycles. The first-order chi connectivity index (χ1) is 11.0. The summed E-state index contributed by atoms with van der Waals surface area (Å²) in [6, 6.07) is 15.0. The summed E-state index contributed by atoms with van der Waals surface area (Å²) >= 11 is 0. The number of anilines is 1. The third-order valence-electron chi connectivity index (χ3n) is 4.37. The van der Waals surface area contributed by atoms with Crippen LogP contribution in [0.15, 0.2) is 58.8 Å². The number of carbonyl (C=O) groups excluding carboxylic acids is 1. The van der Waals surface area contributed by atoms with Crippen molar-refractivity contribution in [2.24, 2.45) is 5.92 Å². The summed E-state index contributed by atoms with van der Waals surface area (Å²) in [7, 11) is -3.35. The Kier molecular flexibility index (Phi) is 3.13. The highest BCUT2D eigenvalue weighted by Gasteiger charge is 2.43. The zero-order valence-electron chi connectivity index (χ0n) is 12.3. The lowest BCUT2D eigenvalue weighted by atomic mass is 10.1. The first-order valence-corrected chi connectivity index (χ1v) is 9.02. The Bertz CT molecular complexity index is 917. The molecular formula is C18H15NO3S. The molecule has 2 atom stereocenters. The Morgan fingerprint density at radius 3 is 2.65 bits per heavy atom. The van der Waals surface area contributed by atoms with E-state index in [0.29, 0.717) is 11.3 Å². The normalized spacial score (nSPS) is 23.3. The van der Waals surface area contributed by atoms with Crippen LogP contribution in [0.3, 0.4) is 0 Å². The van der Waals surface area contributed by atoms with Crippen LogP contribution in [0.2, 0.25) is 0 Å². The van der Waals surface area contributed by atoms with Crippen LogP contribution in [-0.2, 0) is 14.6 Å². The molecule has 23 heavy (non-hydrogen) atoms. The van der Waals surface area contributed by atoms with Gasteiger partial charge >= 0.3 is 0 Å². The van der Waals surface area contributed by atoms with Crippen LogP contribution < -0.4 is 5.32 Å². The monoisotopic (exact) mass is 325 g/mol. The van der Waals surface area contributed by atoms with Crippen molar-refractivity contribution in [3.63, 3.8) is 0 Å². The average molecular weight is 325 g/mol. The van der Waals surface area contributed by atoms with Crippen molar-refractivity contribution in [3.8, 4) is 0 Å². The summed E-state index contributed by atoms with van der Waals surface area (Å²) in [6.45, 7) is 0. The van der Waals surface area contributed by atoms with Crippen molar-refractivity contribution in [2.75, 3.05) is 5.32 Å². The molecule has 1 aliphatic carbocycles. The number of nitrogens with one attached hydrogen (secondary N) is 1. The van der Waals surface area contributed by atoms with Gasteiger partial charge in [0.05, 0.1) is 4.90 Å². The zero-order valence-corrected chi connectivity index (χ0v) is 13.1. The van der Waals surface area contributed by atoms with Gasteiger partial charge in [0.2, 0.25) is 15.7 Å². The van der Waals surface area contributed by atoms with Crippen molar-refractivity contribution in [2.45, 2.75) is 17.2 Å². The third kappa shape index (κ3) is 2.57. The Morgan fingerprint density at radius 1 is 1.09 bits per heavy atom. The average Bonchev–Trinajstić information content (AvgIpc) is 3.30. The molecule has 4 nitrogen and oxygen atoms in total. The van der Waals surface area contributed by atoms with Crippen LogP contribution in [0.25, 0.3) is 6.08 Å². The Balaban J connectivity index is 1.49. The minimum Gasteiger partial charge on any atom is -0.326 e. The zero-order chi connectivity index (χ0) is 16.0. The van der Waals surface area contributed by atoms with Gasteiger partial charge in [-0.3, -0.25) is 4.79 Å². The highest BCUT2D eigenvalue weighted by Crippen LogP contribution is 2.48. The number of benzene rings is 2. The van der Waals surface area contributed by atoms with Gasteiger partial charge in [-0.2, -0.15) is 0 Å². The van der Waals surface area contributed by atoms with Crippen molar-refractivity contribution in [1.82, 2.24) is 0 Å². The topological polar surface area (TPSA) is 63.2 Å². The van der Waals surface area contributed by atoms with E-state index in [0.717, 1.165) is 6.42 Å². The van der Waals surface area contributed by atoms with Gasteiger partial charge in [0.25, 0.3) is 0 Å². The van der Waals surface area contributed by atoms with Gasteiger partial charge in [0, 0.05) is 17.0 Å². The number of rotatable bonds is 3. The van der Waals surface area contributed by atoms with Gasteiger partial charge in [-0.1, -0.05) is 36.4 Å². The molecule has 116 valence electrons. The van der Waals surface area contributed by atoms with Crippen molar-refractivity contribution in [3.05, 3.63) is 65.1 Å². The lowest BCUT2D eigenvalue weighted by molar-refractivity contribution is -0.117. The number of amides is 1. The number of carbonyl (C=O) groups is 1. The minimum atomic E-state index is -3.35. The maximum Gasteiger partial charge on any atom is 0.228 e. The molecule has 1 heterocycles. The van der Waals surface area contributed by atoms with Gasteiger partial charge in [0.15, 0.2) is 0 Å². The fourth-order valence-corrected chi connectivity index (χ4v) is 4.25. The molecular weight excluding hydrogens is 310 g/mol. The van der Waals surface area contributed by atoms with Gasteiger partial charge < -0.3 is 5.32 Å². The number of hydrogen-bond donors (Lipinski definition) is 1. The second-order valence-corrected chi connectivity index (χ2v) is 7.75. The second kappa shape index (κ2) is 5.06. The largest absolute Gasteiger partial charge is 0.326 e. The molecule has 0 saturated heterocycles. The van der Waals surface area contributed by atoms with Crippen LogP contribution >= 0.6 is 0 Å². The van der Waals surface area contributed by atoms with E-state index in [-0.39, 0.29) is 22.6 Å². The van der Waals surface area contributed by atoms with E-state index in [9.17, 15) is 13.2 Å². The van der Waals surface area contributed by atoms with Gasteiger partial charge in [0.1, 0.15) is 0 Å². The van der Waals surface area contributed by atoms with Crippen LogP contribution in [0.4, 0.5) is 5.69 Å². The number of hydrogen-bond acceptors (Lipinski definition) is 3. The Morgan fingerprint density at radius 2 is 1.87 bits per heavy atom. The maximum absolute atomic E-state index is 12.3. The molecule has 1 aliphatic heterocycles. The molecule has 4 rings (SSSR count). The molecule has 0 spiro atoms. The summed E-state index contributed by atoms with van der Waals surface area (Å²) < 4.78 is 23.7. The van der Waals surface area contributed by atoms with Gasteiger partial charge in [-0.05, 0) is 41.7 Å². The maximum atomic E-state index is 12.3. The quantitative estimate of drug-likeness (QED) is 0.942. The van der Waals surface area contributed by atoms with E-state index in [2.05, 4.69) is 5.32 Å². The van der Waals surface area contributed by atoms with E-state index in [1.54, 1.807) is 18.2 Å². The second-order valence-electron chi connectivity index (χ2n) is 5.95. The van der Waals surface area contributed by atoms with Crippen molar-refractivity contribution >= 4 is 27.5 Å². The van der Waals surface area contributed by atoms with Crippen molar-refractivity contribution < 1.29 is 13.2 Å². The minimum absolute atomic E-state index is 0.0413. The first kappa shape index (κ1) is 14.2. The predicted octanol–water partition coefficient (Wildman–Crippen LogP) is 3.19. The fraction of sp³-hybridized carbons (Fsp3) is 0.167. The van der Waals surface area contributed by atoms with Crippen LogP contribution in [0, 0.1) is 5.92 Å². The lowest BCUT2D eigenvalue weighted by Gasteiger charge is -2.07.